The zero-order valence-corrected chi connectivity index (χ0v) is 15.6. The first kappa shape index (κ1) is 18.5. The molecule has 2 rings (SSSR count). The van der Waals surface area contributed by atoms with Gasteiger partial charge < -0.3 is 15.0 Å². The van der Waals surface area contributed by atoms with E-state index in [4.69, 9.17) is 4.74 Å². The van der Waals surface area contributed by atoms with Crippen LogP contribution in [0.25, 0.3) is 0 Å². The van der Waals surface area contributed by atoms with Gasteiger partial charge in [-0.25, -0.2) is 4.79 Å². The topological polar surface area (TPSA) is 41.6 Å². The van der Waals surface area contributed by atoms with Crippen LogP contribution < -0.4 is 5.32 Å². The number of nitrogens with one attached hydrogen (secondary N) is 1. The van der Waals surface area contributed by atoms with E-state index in [1.165, 1.54) is 22.3 Å². The van der Waals surface area contributed by atoms with Crippen LogP contribution in [0.15, 0.2) is 29.8 Å². The molecule has 4 nitrogen and oxygen atoms in total. The Balaban J connectivity index is 1.80. The number of ether oxygens (including phenoxy) is 1. The van der Waals surface area contributed by atoms with Crippen molar-refractivity contribution in [3.8, 4) is 0 Å². The van der Waals surface area contributed by atoms with E-state index in [-0.39, 0.29) is 6.09 Å². The fourth-order valence-corrected chi connectivity index (χ4v) is 2.84. The molecule has 0 spiro atoms. The Hall–Kier alpha value is -1.81. The van der Waals surface area contributed by atoms with Crippen LogP contribution in [0.1, 0.15) is 43.9 Å². The molecule has 24 heavy (non-hydrogen) atoms. The monoisotopic (exact) mass is 330 g/mol. The summed E-state index contributed by atoms with van der Waals surface area (Å²) in [5.41, 5.74) is 4.96. The number of hydrogen-bond acceptors (Lipinski definition) is 3. The molecular formula is C20H30N2O2. The highest BCUT2D eigenvalue weighted by atomic mass is 16.6. The molecule has 0 radical (unpaired) electrons. The maximum atomic E-state index is 12.1. The number of carbonyl (C=O) groups excluding carboxylic acids is 1. The molecule has 0 atom stereocenters. The van der Waals surface area contributed by atoms with Gasteiger partial charge in [0.1, 0.15) is 5.60 Å². The number of hydrogen-bond donors (Lipinski definition) is 1. The van der Waals surface area contributed by atoms with E-state index < -0.39 is 5.60 Å². The lowest BCUT2D eigenvalue weighted by Crippen LogP contribution is -2.39. The Labute approximate surface area is 145 Å². The van der Waals surface area contributed by atoms with E-state index in [2.05, 4.69) is 43.4 Å². The van der Waals surface area contributed by atoms with Crippen molar-refractivity contribution in [2.24, 2.45) is 0 Å². The first-order valence-corrected chi connectivity index (χ1v) is 8.68. The van der Waals surface area contributed by atoms with Gasteiger partial charge in [0.2, 0.25) is 0 Å². The summed E-state index contributed by atoms with van der Waals surface area (Å²) in [5, 5.41) is 3.53. The first-order valence-electron chi connectivity index (χ1n) is 8.68. The van der Waals surface area contributed by atoms with Gasteiger partial charge in [-0.05, 0) is 57.7 Å². The van der Waals surface area contributed by atoms with Crippen LogP contribution in [0.2, 0.25) is 0 Å². The standard InChI is InChI=1S/C20H30N2O2/c1-15-7-6-8-16(2)18(15)14-21-13-17-9-11-22(12-10-17)19(23)24-20(3,4)5/h6-9,21H,10-14H2,1-5H3. The maximum Gasteiger partial charge on any atom is 0.410 e. The van der Waals surface area contributed by atoms with Gasteiger partial charge in [0.05, 0.1) is 0 Å². The number of nitrogens with zero attached hydrogens (tertiary/aromatic N) is 1. The molecule has 1 N–H and O–H groups in total. The van der Waals surface area contributed by atoms with Gasteiger partial charge in [-0.3, -0.25) is 0 Å². The lowest BCUT2D eigenvalue weighted by molar-refractivity contribution is 0.0265. The van der Waals surface area contributed by atoms with Gasteiger partial charge in [-0.15, -0.1) is 0 Å². The molecule has 0 fully saturated rings. The minimum atomic E-state index is -0.436. The fourth-order valence-electron chi connectivity index (χ4n) is 2.84. The highest BCUT2D eigenvalue weighted by Crippen LogP contribution is 2.16. The zero-order chi connectivity index (χ0) is 17.7. The third kappa shape index (κ3) is 5.38. The highest BCUT2D eigenvalue weighted by molar-refractivity contribution is 5.68. The smallest absolute Gasteiger partial charge is 0.410 e. The van der Waals surface area contributed by atoms with Crippen LogP contribution in [-0.2, 0) is 11.3 Å². The second-order valence-corrected chi connectivity index (χ2v) is 7.51. The summed E-state index contributed by atoms with van der Waals surface area (Å²) in [4.78, 5) is 13.8. The van der Waals surface area contributed by atoms with E-state index in [0.29, 0.717) is 6.54 Å². The third-order valence-electron chi connectivity index (χ3n) is 4.25. The summed E-state index contributed by atoms with van der Waals surface area (Å²) < 4.78 is 5.42. The Bertz CT molecular complexity index is 594. The minimum absolute atomic E-state index is 0.221. The normalized spacial score (nSPS) is 15.2. The summed E-state index contributed by atoms with van der Waals surface area (Å²) in [6, 6.07) is 6.41. The van der Waals surface area contributed by atoms with Crippen molar-refractivity contribution in [3.63, 3.8) is 0 Å². The number of rotatable bonds is 4. The predicted octanol–water partition coefficient (Wildman–Crippen LogP) is 3.96. The maximum absolute atomic E-state index is 12.1. The molecule has 0 saturated carbocycles. The minimum Gasteiger partial charge on any atom is -0.444 e. The van der Waals surface area contributed by atoms with Gasteiger partial charge >= 0.3 is 6.09 Å². The predicted molar refractivity (Wildman–Crippen MR) is 98.1 cm³/mol. The lowest BCUT2D eigenvalue weighted by atomic mass is 10.0. The fraction of sp³-hybridized carbons (Fsp3) is 0.550. The molecule has 1 aliphatic rings. The molecule has 4 heteroatoms. The molecule has 132 valence electrons. The van der Waals surface area contributed by atoms with Gasteiger partial charge in [0.25, 0.3) is 0 Å². The SMILES string of the molecule is Cc1cccc(C)c1CNCC1=CCN(C(=O)OC(C)(C)C)CC1. The van der Waals surface area contributed by atoms with Crippen molar-refractivity contribution in [2.75, 3.05) is 19.6 Å². The Morgan fingerprint density at radius 3 is 2.42 bits per heavy atom. The molecule has 1 heterocycles. The second-order valence-electron chi connectivity index (χ2n) is 7.51. The molecular weight excluding hydrogens is 300 g/mol. The molecule has 1 aromatic carbocycles. The van der Waals surface area contributed by atoms with Crippen LogP contribution in [0.3, 0.4) is 0 Å². The second kappa shape index (κ2) is 7.84. The molecule has 0 aliphatic carbocycles. The summed E-state index contributed by atoms with van der Waals surface area (Å²) >= 11 is 0. The van der Waals surface area contributed by atoms with Crippen molar-refractivity contribution in [3.05, 3.63) is 46.5 Å². The quantitative estimate of drug-likeness (QED) is 0.850. The number of benzene rings is 1. The summed E-state index contributed by atoms with van der Waals surface area (Å²) in [6.07, 6.45) is 2.82. The molecule has 1 aromatic rings. The number of carbonyl (C=O) groups is 1. The third-order valence-corrected chi connectivity index (χ3v) is 4.25. The summed E-state index contributed by atoms with van der Waals surface area (Å²) in [6.45, 7) is 13.1. The molecule has 1 aliphatic heterocycles. The average Bonchev–Trinajstić information content (AvgIpc) is 2.49. The van der Waals surface area contributed by atoms with Crippen LogP contribution >= 0.6 is 0 Å². The van der Waals surface area contributed by atoms with Crippen LogP contribution in [0.5, 0.6) is 0 Å². The van der Waals surface area contributed by atoms with E-state index in [0.717, 1.165) is 26.1 Å². The molecule has 0 bridgehead atoms. The first-order chi connectivity index (χ1) is 11.3. The average molecular weight is 330 g/mol. The lowest BCUT2D eigenvalue weighted by Gasteiger charge is -2.29. The van der Waals surface area contributed by atoms with Crippen LogP contribution in [-0.4, -0.2) is 36.2 Å². The Kier molecular flexibility index (Phi) is 6.05. The van der Waals surface area contributed by atoms with Gasteiger partial charge in [-0.2, -0.15) is 0 Å². The molecule has 0 aromatic heterocycles. The van der Waals surface area contributed by atoms with Crippen molar-refractivity contribution >= 4 is 6.09 Å². The van der Waals surface area contributed by atoms with E-state index in [1.54, 1.807) is 4.90 Å². The van der Waals surface area contributed by atoms with E-state index in [1.807, 2.05) is 20.8 Å². The van der Waals surface area contributed by atoms with Crippen LogP contribution in [0.4, 0.5) is 4.79 Å². The van der Waals surface area contributed by atoms with Gasteiger partial charge in [0.15, 0.2) is 0 Å². The largest absolute Gasteiger partial charge is 0.444 e. The Morgan fingerprint density at radius 1 is 1.21 bits per heavy atom. The highest BCUT2D eigenvalue weighted by Gasteiger charge is 2.23. The number of aryl methyl sites for hydroxylation is 2. The van der Waals surface area contributed by atoms with E-state index in [9.17, 15) is 4.79 Å². The van der Waals surface area contributed by atoms with Crippen molar-refractivity contribution in [2.45, 2.75) is 53.2 Å². The van der Waals surface area contributed by atoms with Crippen LogP contribution in [0, 0.1) is 13.8 Å². The van der Waals surface area contributed by atoms with Gasteiger partial charge in [-0.1, -0.05) is 29.8 Å². The van der Waals surface area contributed by atoms with Crippen molar-refractivity contribution in [1.82, 2.24) is 10.2 Å². The van der Waals surface area contributed by atoms with E-state index >= 15 is 0 Å². The van der Waals surface area contributed by atoms with Gasteiger partial charge in [0, 0.05) is 26.2 Å². The molecule has 0 unspecified atom stereocenters. The van der Waals surface area contributed by atoms with Crippen molar-refractivity contribution in [1.29, 1.82) is 0 Å². The Morgan fingerprint density at radius 2 is 1.88 bits per heavy atom. The molecule has 0 saturated heterocycles. The summed E-state index contributed by atoms with van der Waals surface area (Å²) in [5.74, 6) is 0. The zero-order valence-electron chi connectivity index (χ0n) is 15.6. The van der Waals surface area contributed by atoms with Crippen molar-refractivity contribution < 1.29 is 9.53 Å². The summed E-state index contributed by atoms with van der Waals surface area (Å²) in [7, 11) is 0. The number of amides is 1. The molecule has 1 amide bonds.